The van der Waals surface area contributed by atoms with Crippen LogP contribution in [0, 0.1) is 0 Å². The molecule has 5 nitrogen and oxygen atoms in total. The van der Waals surface area contributed by atoms with E-state index in [0.29, 0.717) is 17.7 Å². The molecule has 1 unspecified atom stereocenters. The van der Waals surface area contributed by atoms with Crippen molar-refractivity contribution in [3.8, 4) is 5.75 Å². The summed E-state index contributed by atoms with van der Waals surface area (Å²) in [4.78, 5) is 23.8. The standard InChI is InChI=1S/C16H18O5/c1-20-14-7-3-5-11-4-2-6-12(17)10-13(18)8-9-21-16(19)15(11)14/h2-3,5-7,13,18H,4,8-10H2,1H3/b6-2+. The summed E-state index contributed by atoms with van der Waals surface area (Å²) in [5.41, 5.74) is 1.11. The van der Waals surface area contributed by atoms with Crippen molar-refractivity contribution in [3.63, 3.8) is 0 Å². The maximum absolute atomic E-state index is 12.2. The first-order valence-electron chi connectivity index (χ1n) is 6.82. The number of carbonyl (C=O) groups excluding carboxylic acids is 2. The SMILES string of the molecule is COc1cccc2c1C(=O)OCCC(O)CC(=O)/C=C/C2. The van der Waals surface area contributed by atoms with E-state index in [1.807, 2.05) is 0 Å². The molecule has 0 saturated heterocycles. The second kappa shape index (κ2) is 7.04. The number of ketones is 1. The third kappa shape index (κ3) is 3.92. The van der Waals surface area contributed by atoms with Crippen molar-refractivity contribution in [2.75, 3.05) is 13.7 Å². The molecule has 0 fully saturated rings. The third-order valence-corrected chi connectivity index (χ3v) is 3.30. The largest absolute Gasteiger partial charge is 0.496 e. The van der Waals surface area contributed by atoms with Gasteiger partial charge in [-0.25, -0.2) is 4.79 Å². The molecule has 112 valence electrons. The monoisotopic (exact) mass is 290 g/mol. The summed E-state index contributed by atoms with van der Waals surface area (Å²) in [6.45, 7) is 0.0640. The molecule has 1 aliphatic rings. The molecule has 0 spiro atoms. The highest BCUT2D eigenvalue weighted by molar-refractivity contribution is 5.94. The van der Waals surface area contributed by atoms with Crippen LogP contribution in [0.4, 0.5) is 0 Å². The predicted octanol–water partition coefficient (Wildman–Crippen LogP) is 1.67. The molecule has 0 radical (unpaired) electrons. The minimum absolute atomic E-state index is 0.0407. The smallest absolute Gasteiger partial charge is 0.342 e. The highest BCUT2D eigenvalue weighted by atomic mass is 16.5. The van der Waals surface area contributed by atoms with E-state index in [2.05, 4.69) is 0 Å². The highest BCUT2D eigenvalue weighted by Crippen LogP contribution is 2.24. The van der Waals surface area contributed by atoms with Gasteiger partial charge in [-0.05, 0) is 24.1 Å². The number of aliphatic hydroxyl groups excluding tert-OH is 1. The van der Waals surface area contributed by atoms with Crippen LogP contribution in [0.5, 0.6) is 5.75 Å². The number of rotatable bonds is 1. The van der Waals surface area contributed by atoms with Gasteiger partial charge < -0.3 is 14.6 Å². The van der Waals surface area contributed by atoms with E-state index in [0.717, 1.165) is 5.56 Å². The number of fused-ring (bicyclic) bond motifs is 1. The van der Waals surface area contributed by atoms with Crippen LogP contribution < -0.4 is 4.74 Å². The normalized spacial score (nSPS) is 21.5. The van der Waals surface area contributed by atoms with Crippen molar-refractivity contribution in [1.82, 2.24) is 0 Å². The fourth-order valence-electron chi connectivity index (χ4n) is 2.23. The first-order chi connectivity index (χ1) is 10.1. The summed E-state index contributed by atoms with van der Waals surface area (Å²) < 4.78 is 10.4. The summed E-state index contributed by atoms with van der Waals surface area (Å²) in [5.74, 6) is -0.177. The topological polar surface area (TPSA) is 72.8 Å². The van der Waals surface area contributed by atoms with Crippen molar-refractivity contribution in [2.45, 2.75) is 25.4 Å². The van der Waals surface area contributed by atoms with Crippen molar-refractivity contribution in [1.29, 1.82) is 0 Å². The van der Waals surface area contributed by atoms with E-state index >= 15 is 0 Å². The molecule has 1 N–H and O–H groups in total. The Kier molecular flexibility index (Phi) is 5.11. The molecule has 21 heavy (non-hydrogen) atoms. The molecule has 0 aromatic heterocycles. The Balaban J connectivity index is 2.35. The molecule has 0 saturated carbocycles. The van der Waals surface area contributed by atoms with Crippen LogP contribution in [0.15, 0.2) is 30.4 Å². The van der Waals surface area contributed by atoms with Crippen LogP contribution in [0.2, 0.25) is 0 Å². The van der Waals surface area contributed by atoms with Gasteiger partial charge in [0.05, 0.1) is 19.8 Å². The molecule has 1 atom stereocenters. The molecule has 0 bridgehead atoms. The third-order valence-electron chi connectivity index (χ3n) is 3.30. The Morgan fingerprint density at radius 1 is 1.33 bits per heavy atom. The zero-order valence-corrected chi connectivity index (χ0v) is 11.9. The number of hydrogen-bond donors (Lipinski definition) is 1. The number of ether oxygens (including phenoxy) is 2. The van der Waals surface area contributed by atoms with E-state index in [4.69, 9.17) is 9.47 Å². The lowest BCUT2D eigenvalue weighted by Crippen LogP contribution is -2.18. The molecule has 0 amide bonds. The van der Waals surface area contributed by atoms with Gasteiger partial charge in [-0.2, -0.15) is 0 Å². The van der Waals surface area contributed by atoms with E-state index < -0.39 is 12.1 Å². The van der Waals surface area contributed by atoms with Gasteiger partial charge in [0.25, 0.3) is 0 Å². The molecule has 5 heteroatoms. The number of hydrogen-bond acceptors (Lipinski definition) is 5. The second-order valence-electron chi connectivity index (χ2n) is 4.85. The van der Waals surface area contributed by atoms with Crippen molar-refractivity contribution in [2.24, 2.45) is 0 Å². The summed E-state index contributed by atoms with van der Waals surface area (Å²) in [6.07, 6.45) is 3.02. The highest BCUT2D eigenvalue weighted by Gasteiger charge is 2.19. The summed E-state index contributed by atoms with van der Waals surface area (Å²) in [5, 5.41) is 9.68. The average Bonchev–Trinajstić information content (AvgIpc) is 2.45. The maximum Gasteiger partial charge on any atom is 0.342 e. The Hall–Kier alpha value is -2.14. The van der Waals surface area contributed by atoms with E-state index in [1.54, 1.807) is 24.3 Å². The molecule has 2 rings (SSSR count). The quantitative estimate of drug-likeness (QED) is 0.797. The van der Waals surface area contributed by atoms with Crippen LogP contribution in [-0.2, 0) is 16.0 Å². The van der Waals surface area contributed by atoms with Crippen molar-refractivity contribution >= 4 is 11.8 Å². The lowest BCUT2D eigenvalue weighted by molar-refractivity contribution is -0.116. The molecular weight excluding hydrogens is 272 g/mol. The zero-order chi connectivity index (χ0) is 15.2. The van der Waals surface area contributed by atoms with Crippen LogP contribution in [-0.4, -0.2) is 36.7 Å². The van der Waals surface area contributed by atoms with Crippen molar-refractivity contribution < 1.29 is 24.2 Å². The van der Waals surface area contributed by atoms with Crippen LogP contribution >= 0.6 is 0 Å². The molecular formula is C16H18O5. The van der Waals surface area contributed by atoms with Crippen molar-refractivity contribution in [3.05, 3.63) is 41.5 Å². The second-order valence-corrected chi connectivity index (χ2v) is 4.85. The van der Waals surface area contributed by atoms with E-state index in [-0.39, 0.29) is 25.2 Å². The Morgan fingerprint density at radius 3 is 2.90 bits per heavy atom. The number of benzene rings is 1. The van der Waals surface area contributed by atoms with Crippen LogP contribution in [0.3, 0.4) is 0 Å². The van der Waals surface area contributed by atoms with Gasteiger partial charge in [-0.15, -0.1) is 0 Å². The first kappa shape index (κ1) is 15.3. The number of aliphatic hydroxyl groups is 1. The lowest BCUT2D eigenvalue weighted by Gasteiger charge is -2.14. The average molecular weight is 290 g/mol. The molecule has 1 aliphatic heterocycles. The summed E-state index contributed by atoms with van der Waals surface area (Å²) in [7, 11) is 1.49. The number of cyclic esters (lactones) is 1. The maximum atomic E-state index is 12.2. The number of carbonyl (C=O) groups is 2. The molecule has 1 heterocycles. The Labute approximate surface area is 123 Å². The summed E-state index contributed by atoms with van der Waals surface area (Å²) in [6, 6.07) is 5.28. The number of allylic oxidation sites excluding steroid dienone is 2. The number of methoxy groups -OCH3 is 1. The van der Waals surface area contributed by atoms with Gasteiger partial charge >= 0.3 is 5.97 Å². The molecule has 1 aromatic carbocycles. The molecule has 1 aromatic rings. The van der Waals surface area contributed by atoms with E-state index in [1.165, 1.54) is 13.2 Å². The zero-order valence-electron chi connectivity index (χ0n) is 11.9. The van der Waals surface area contributed by atoms with E-state index in [9.17, 15) is 14.7 Å². The molecule has 0 aliphatic carbocycles. The number of esters is 1. The Morgan fingerprint density at radius 2 is 2.14 bits per heavy atom. The fraction of sp³-hybridized carbons (Fsp3) is 0.375. The van der Waals surface area contributed by atoms with Gasteiger partial charge in [0.2, 0.25) is 0 Å². The van der Waals surface area contributed by atoms with Gasteiger partial charge in [-0.1, -0.05) is 18.2 Å². The lowest BCUT2D eigenvalue weighted by atomic mass is 10.0. The van der Waals surface area contributed by atoms with Gasteiger partial charge in [0, 0.05) is 12.8 Å². The van der Waals surface area contributed by atoms with Gasteiger partial charge in [0.1, 0.15) is 11.3 Å². The summed E-state index contributed by atoms with van der Waals surface area (Å²) >= 11 is 0. The van der Waals surface area contributed by atoms with Crippen LogP contribution in [0.25, 0.3) is 0 Å². The minimum Gasteiger partial charge on any atom is -0.496 e. The first-order valence-corrected chi connectivity index (χ1v) is 6.82. The van der Waals surface area contributed by atoms with Crippen LogP contribution in [0.1, 0.15) is 28.8 Å². The Bertz CT molecular complexity index is 562. The predicted molar refractivity (Wildman–Crippen MR) is 76.4 cm³/mol. The fourth-order valence-corrected chi connectivity index (χ4v) is 2.23. The van der Waals surface area contributed by atoms with Gasteiger partial charge in [0.15, 0.2) is 5.78 Å². The van der Waals surface area contributed by atoms with Gasteiger partial charge in [-0.3, -0.25) is 4.79 Å². The minimum atomic E-state index is -0.800.